The highest BCUT2D eigenvalue weighted by molar-refractivity contribution is 5.37. The minimum atomic E-state index is -0.316. The lowest BCUT2D eigenvalue weighted by molar-refractivity contribution is 0.158. The third-order valence-corrected chi connectivity index (χ3v) is 3.51. The van der Waals surface area contributed by atoms with E-state index in [1.54, 1.807) is 0 Å². The van der Waals surface area contributed by atoms with Crippen molar-refractivity contribution in [1.82, 2.24) is 19.8 Å². The number of piperazine rings is 1. The maximum atomic E-state index is 13.9. The van der Waals surface area contributed by atoms with Gasteiger partial charge in [-0.3, -0.25) is 4.90 Å². The van der Waals surface area contributed by atoms with E-state index >= 15 is 0 Å². The van der Waals surface area contributed by atoms with Crippen molar-refractivity contribution in [2.75, 3.05) is 51.6 Å². The molecule has 2 rings (SSSR count). The Balaban J connectivity index is 1.79. The molecule has 1 aromatic rings. The zero-order valence-electron chi connectivity index (χ0n) is 11.7. The van der Waals surface area contributed by atoms with E-state index in [0.717, 1.165) is 32.7 Å². The third-order valence-electron chi connectivity index (χ3n) is 3.51. The smallest absolute Gasteiger partial charge is 0.186 e. The molecule has 106 valence electrons. The average Bonchev–Trinajstić information content (AvgIpc) is 2.43. The Morgan fingerprint density at radius 3 is 2.68 bits per heavy atom. The summed E-state index contributed by atoms with van der Waals surface area (Å²) >= 11 is 0. The van der Waals surface area contributed by atoms with Crippen molar-refractivity contribution in [3.63, 3.8) is 0 Å². The van der Waals surface area contributed by atoms with Crippen molar-refractivity contribution in [3.05, 3.63) is 17.8 Å². The first-order valence-electron chi connectivity index (χ1n) is 6.85. The van der Waals surface area contributed by atoms with Crippen LogP contribution in [-0.2, 0) is 6.42 Å². The van der Waals surface area contributed by atoms with Crippen molar-refractivity contribution in [2.45, 2.75) is 13.3 Å². The Hall–Kier alpha value is -1.27. The van der Waals surface area contributed by atoms with Crippen LogP contribution in [0.1, 0.15) is 12.6 Å². The molecular weight excluding hydrogens is 245 g/mol. The van der Waals surface area contributed by atoms with Crippen LogP contribution in [0.4, 0.5) is 10.2 Å². The van der Waals surface area contributed by atoms with Crippen molar-refractivity contribution in [1.29, 1.82) is 0 Å². The summed E-state index contributed by atoms with van der Waals surface area (Å²) in [6.45, 7) is 7.86. The minimum Gasteiger partial charge on any atom is -0.366 e. The number of rotatable bonds is 5. The fourth-order valence-corrected chi connectivity index (χ4v) is 2.18. The third kappa shape index (κ3) is 3.84. The van der Waals surface area contributed by atoms with Crippen molar-refractivity contribution < 1.29 is 4.39 Å². The SMILES string of the molecule is CCc1ncnc(NCCN2CCN(C)CC2)c1F. The second-order valence-electron chi connectivity index (χ2n) is 4.91. The number of aromatic nitrogens is 2. The van der Waals surface area contributed by atoms with Crippen molar-refractivity contribution in [3.8, 4) is 0 Å². The molecule has 0 atom stereocenters. The van der Waals surface area contributed by atoms with E-state index in [0.29, 0.717) is 24.5 Å². The van der Waals surface area contributed by atoms with Crippen LogP contribution in [0.25, 0.3) is 0 Å². The van der Waals surface area contributed by atoms with Gasteiger partial charge in [0.25, 0.3) is 0 Å². The van der Waals surface area contributed by atoms with Crippen LogP contribution in [0.3, 0.4) is 0 Å². The first-order chi connectivity index (χ1) is 9.20. The quantitative estimate of drug-likeness (QED) is 0.856. The molecule has 0 aliphatic carbocycles. The Morgan fingerprint density at radius 1 is 1.26 bits per heavy atom. The van der Waals surface area contributed by atoms with Crippen LogP contribution in [-0.4, -0.2) is 66.1 Å². The molecule has 0 aromatic carbocycles. The van der Waals surface area contributed by atoms with Crippen LogP contribution in [0.2, 0.25) is 0 Å². The fourth-order valence-electron chi connectivity index (χ4n) is 2.18. The second kappa shape index (κ2) is 6.77. The highest BCUT2D eigenvalue weighted by atomic mass is 19.1. The topological polar surface area (TPSA) is 44.3 Å². The number of hydrogen-bond donors (Lipinski definition) is 1. The summed E-state index contributed by atoms with van der Waals surface area (Å²) in [7, 11) is 2.14. The largest absolute Gasteiger partial charge is 0.366 e. The summed E-state index contributed by atoms with van der Waals surface area (Å²) in [5.74, 6) is 0.00403. The molecule has 1 aromatic heterocycles. The summed E-state index contributed by atoms with van der Waals surface area (Å²) < 4.78 is 13.9. The van der Waals surface area contributed by atoms with E-state index in [2.05, 4.69) is 32.1 Å². The van der Waals surface area contributed by atoms with Crippen LogP contribution < -0.4 is 5.32 Å². The zero-order chi connectivity index (χ0) is 13.7. The summed E-state index contributed by atoms with van der Waals surface area (Å²) in [5, 5.41) is 3.06. The van der Waals surface area contributed by atoms with E-state index < -0.39 is 0 Å². The molecule has 0 spiro atoms. The van der Waals surface area contributed by atoms with Gasteiger partial charge in [0.15, 0.2) is 11.6 Å². The monoisotopic (exact) mass is 267 g/mol. The van der Waals surface area contributed by atoms with E-state index in [1.807, 2.05) is 6.92 Å². The van der Waals surface area contributed by atoms with Gasteiger partial charge in [-0.05, 0) is 13.5 Å². The van der Waals surface area contributed by atoms with Crippen molar-refractivity contribution in [2.24, 2.45) is 0 Å². The molecule has 1 aliphatic heterocycles. The standard InChI is InChI=1S/C13H22FN5/c1-3-11-12(14)13(17-10-16-11)15-4-5-19-8-6-18(2)7-9-19/h10H,3-9H2,1-2H3,(H,15,16,17). The zero-order valence-corrected chi connectivity index (χ0v) is 11.7. The highest BCUT2D eigenvalue weighted by Crippen LogP contribution is 2.12. The molecule has 5 nitrogen and oxygen atoms in total. The van der Waals surface area contributed by atoms with E-state index in [9.17, 15) is 4.39 Å². The summed E-state index contributed by atoms with van der Waals surface area (Å²) in [4.78, 5) is 12.6. The van der Waals surface area contributed by atoms with E-state index in [-0.39, 0.29) is 5.82 Å². The number of hydrogen-bond acceptors (Lipinski definition) is 5. The molecule has 0 unspecified atom stereocenters. The lowest BCUT2D eigenvalue weighted by atomic mass is 10.3. The molecule has 2 heterocycles. The van der Waals surface area contributed by atoms with Gasteiger partial charge in [0.1, 0.15) is 6.33 Å². The molecule has 6 heteroatoms. The first kappa shape index (κ1) is 14.1. The number of halogens is 1. The molecule has 1 N–H and O–H groups in total. The molecule has 1 fully saturated rings. The summed E-state index contributed by atoms with van der Waals surface area (Å²) in [6.07, 6.45) is 2.00. The number of likely N-dealkylation sites (N-methyl/N-ethyl adjacent to an activating group) is 1. The van der Waals surface area contributed by atoms with E-state index in [1.165, 1.54) is 6.33 Å². The van der Waals surface area contributed by atoms with Gasteiger partial charge in [-0.15, -0.1) is 0 Å². The number of nitrogens with one attached hydrogen (secondary N) is 1. The number of nitrogens with zero attached hydrogens (tertiary/aromatic N) is 4. The van der Waals surface area contributed by atoms with Gasteiger partial charge in [-0.2, -0.15) is 0 Å². The Bertz CT molecular complexity index is 404. The molecule has 1 aliphatic rings. The van der Waals surface area contributed by atoms with Crippen LogP contribution in [0, 0.1) is 5.82 Å². The molecule has 0 bridgehead atoms. The van der Waals surface area contributed by atoms with Gasteiger partial charge >= 0.3 is 0 Å². The van der Waals surface area contributed by atoms with Gasteiger partial charge in [0, 0.05) is 39.3 Å². The second-order valence-corrected chi connectivity index (χ2v) is 4.91. The average molecular weight is 267 g/mol. The molecule has 0 saturated carbocycles. The number of aryl methyl sites for hydroxylation is 1. The molecule has 0 radical (unpaired) electrons. The van der Waals surface area contributed by atoms with E-state index in [4.69, 9.17) is 0 Å². The van der Waals surface area contributed by atoms with Gasteiger partial charge in [0.05, 0.1) is 5.69 Å². The van der Waals surface area contributed by atoms with Gasteiger partial charge < -0.3 is 10.2 Å². The summed E-state index contributed by atoms with van der Waals surface area (Å²) in [5.41, 5.74) is 0.470. The van der Waals surface area contributed by atoms with Crippen LogP contribution in [0.15, 0.2) is 6.33 Å². The lowest BCUT2D eigenvalue weighted by Gasteiger charge is -2.32. The molecule has 19 heavy (non-hydrogen) atoms. The Morgan fingerprint density at radius 2 is 2.00 bits per heavy atom. The normalized spacial score (nSPS) is 17.6. The predicted molar refractivity (Wildman–Crippen MR) is 73.8 cm³/mol. The Kier molecular flexibility index (Phi) is 5.04. The van der Waals surface area contributed by atoms with Crippen LogP contribution in [0.5, 0.6) is 0 Å². The highest BCUT2D eigenvalue weighted by Gasteiger charge is 2.14. The minimum absolute atomic E-state index is 0.316. The van der Waals surface area contributed by atoms with Crippen molar-refractivity contribution >= 4 is 5.82 Å². The number of anilines is 1. The van der Waals surface area contributed by atoms with Crippen LogP contribution >= 0.6 is 0 Å². The fraction of sp³-hybridized carbons (Fsp3) is 0.692. The lowest BCUT2D eigenvalue weighted by Crippen LogP contribution is -2.45. The molecule has 0 amide bonds. The van der Waals surface area contributed by atoms with Gasteiger partial charge in [-0.1, -0.05) is 6.92 Å². The summed E-state index contributed by atoms with van der Waals surface area (Å²) in [6, 6.07) is 0. The maximum absolute atomic E-state index is 13.9. The molecule has 1 saturated heterocycles. The maximum Gasteiger partial charge on any atom is 0.186 e. The predicted octanol–water partition coefficient (Wildman–Crippen LogP) is 0.837. The molecular formula is C13H22FN5. The Labute approximate surface area is 113 Å². The first-order valence-corrected chi connectivity index (χ1v) is 6.85. The van der Waals surface area contributed by atoms with Gasteiger partial charge in [0.2, 0.25) is 0 Å². The van der Waals surface area contributed by atoms with Gasteiger partial charge in [-0.25, -0.2) is 14.4 Å².